The molecule has 0 aromatic heterocycles. The molecule has 144 valence electrons. The van der Waals surface area contributed by atoms with Gasteiger partial charge in [0.1, 0.15) is 0 Å². The Morgan fingerprint density at radius 3 is 2.43 bits per heavy atom. The maximum absolute atomic E-state index is 13.8. The molecular weight excluding hydrogens is 385 g/mol. The molecule has 0 amide bonds. The number of halogens is 1. The molecule has 0 saturated heterocycles. The summed E-state index contributed by atoms with van der Waals surface area (Å²) in [5.74, 6) is 0.426. The Hall–Kier alpha value is -3.26. The minimum atomic E-state index is -3.84. The van der Waals surface area contributed by atoms with E-state index in [4.69, 9.17) is 14.2 Å². The zero-order valence-electron chi connectivity index (χ0n) is 14.8. The lowest BCUT2D eigenvalue weighted by Gasteiger charge is -2.15. The zero-order chi connectivity index (χ0) is 19.7. The molecule has 0 atom stereocenters. The summed E-state index contributed by atoms with van der Waals surface area (Å²) in [7, 11) is -2.47. The molecule has 3 aromatic carbocycles. The SMILES string of the molecule is COc1cc(-c2cc3c(cc2NS(=O)(=O)c2ccccc2)OCO3)ccc1F. The van der Waals surface area contributed by atoms with E-state index < -0.39 is 15.8 Å². The molecule has 6 nitrogen and oxygen atoms in total. The topological polar surface area (TPSA) is 73.9 Å². The van der Waals surface area contributed by atoms with Crippen molar-refractivity contribution in [1.82, 2.24) is 0 Å². The molecule has 0 fully saturated rings. The molecule has 28 heavy (non-hydrogen) atoms. The van der Waals surface area contributed by atoms with Gasteiger partial charge in [0.05, 0.1) is 17.7 Å². The quantitative estimate of drug-likeness (QED) is 0.699. The van der Waals surface area contributed by atoms with Gasteiger partial charge in [0, 0.05) is 11.6 Å². The van der Waals surface area contributed by atoms with E-state index >= 15 is 0 Å². The summed E-state index contributed by atoms with van der Waals surface area (Å²) in [5.41, 5.74) is 1.34. The van der Waals surface area contributed by atoms with Gasteiger partial charge in [0.2, 0.25) is 6.79 Å². The van der Waals surface area contributed by atoms with E-state index in [1.165, 1.54) is 37.4 Å². The van der Waals surface area contributed by atoms with Crippen molar-refractivity contribution in [3.05, 3.63) is 66.5 Å². The fraction of sp³-hybridized carbons (Fsp3) is 0.100. The predicted octanol–water partition coefficient (Wildman–Crippen LogP) is 4.03. The van der Waals surface area contributed by atoms with Crippen LogP contribution in [0.1, 0.15) is 0 Å². The first kappa shape index (κ1) is 18.1. The van der Waals surface area contributed by atoms with Crippen LogP contribution in [0.3, 0.4) is 0 Å². The number of anilines is 1. The highest BCUT2D eigenvalue weighted by molar-refractivity contribution is 7.92. The van der Waals surface area contributed by atoms with Crippen LogP contribution in [0.5, 0.6) is 17.2 Å². The summed E-state index contributed by atoms with van der Waals surface area (Å²) < 4.78 is 57.8. The van der Waals surface area contributed by atoms with Crippen LogP contribution in [0.25, 0.3) is 11.1 Å². The maximum atomic E-state index is 13.8. The normalized spacial score (nSPS) is 12.6. The molecule has 0 saturated carbocycles. The van der Waals surface area contributed by atoms with Gasteiger partial charge in [-0.25, -0.2) is 12.8 Å². The molecule has 0 radical (unpaired) electrons. The number of ether oxygens (including phenoxy) is 3. The summed E-state index contributed by atoms with van der Waals surface area (Å²) in [6.07, 6.45) is 0. The molecule has 0 bridgehead atoms. The highest BCUT2D eigenvalue weighted by atomic mass is 32.2. The number of rotatable bonds is 5. The van der Waals surface area contributed by atoms with Gasteiger partial charge in [-0.15, -0.1) is 0 Å². The molecule has 1 N–H and O–H groups in total. The van der Waals surface area contributed by atoms with Crippen molar-refractivity contribution in [2.24, 2.45) is 0 Å². The third-order valence-corrected chi connectivity index (χ3v) is 5.65. The standard InChI is InChI=1S/C20H16FNO5S/c1-25-18-9-13(7-8-16(18)21)15-10-19-20(27-12-26-19)11-17(15)22-28(23,24)14-5-3-2-4-6-14/h2-11,22H,12H2,1H3. The second kappa shape index (κ2) is 7.05. The molecule has 1 aliphatic rings. The highest BCUT2D eigenvalue weighted by Crippen LogP contribution is 2.42. The number of sulfonamides is 1. The smallest absolute Gasteiger partial charge is 0.261 e. The number of fused-ring (bicyclic) bond motifs is 1. The Labute approximate surface area is 161 Å². The second-order valence-corrected chi connectivity index (χ2v) is 7.70. The van der Waals surface area contributed by atoms with Crippen LogP contribution in [0.2, 0.25) is 0 Å². The van der Waals surface area contributed by atoms with E-state index in [0.717, 1.165) is 0 Å². The van der Waals surface area contributed by atoms with Gasteiger partial charge in [-0.3, -0.25) is 4.72 Å². The summed E-state index contributed by atoms with van der Waals surface area (Å²) in [6, 6.07) is 15.5. The Kier molecular flexibility index (Phi) is 4.56. The van der Waals surface area contributed by atoms with Crippen molar-refractivity contribution >= 4 is 15.7 Å². The largest absolute Gasteiger partial charge is 0.494 e. The van der Waals surface area contributed by atoms with Crippen molar-refractivity contribution in [3.63, 3.8) is 0 Å². The molecule has 0 aliphatic carbocycles. The van der Waals surface area contributed by atoms with Gasteiger partial charge in [-0.05, 0) is 35.9 Å². The lowest BCUT2D eigenvalue weighted by atomic mass is 10.0. The second-order valence-electron chi connectivity index (χ2n) is 6.02. The number of benzene rings is 3. The van der Waals surface area contributed by atoms with E-state index in [1.54, 1.807) is 30.3 Å². The third kappa shape index (κ3) is 3.34. The van der Waals surface area contributed by atoms with Gasteiger partial charge in [-0.1, -0.05) is 24.3 Å². The fourth-order valence-electron chi connectivity index (χ4n) is 2.90. The highest BCUT2D eigenvalue weighted by Gasteiger charge is 2.22. The van der Waals surface area contributed by atoms with Gasteiger partial charge in [0.25, 0.3) is 10.0 Å². The van der Waals surface area contributed by atoms with Gasteiger partial charge in [0.15, 0.2) is 23.1 Å². The number of nitrogens with one attached hydrogen (secondary N) is 1. The molecule has 1 aliphatic heterocycles. The van der Waals surface area contributed by atoms with Crippen molar-refractivity contribution < 1.29 is 27.0 Å². The minimum Gasteiger partial charge on any atom is -0.494 e. The van der Waals surface area contributed by atoms with Gasteiger partial charge < -0.3 is 14.2 Å². The summed E-state index contributed by atoms with van der Waals surface area (Å²) in [5, 5.41) is 0. The Morgan fingerprint density at radius 1 is 1.00 bits per heavy atom. The van der Waals surface area contributed by atoms with Crippen LogP contribution in [0.15, 0.2) is 65.6 Å². The first-order chi connectivity index (χ1) is 13.5. The first-order valence-electron chi connectivity index (χ1n) is 8.33. The summed E-state index contributed by atoms with van der Waals surface area (Å²) in [6.45, 7) is 0.0381. The third-order valence-electron chi connectivity index (χ3n) is 4.27. The van der Waals surface area contributed by atoms with Crippen LogP contribution in [-0.4, -0.2) is 22.3 Å². The molecule has 1 heterocycles. The van der Waals surface area contributed by atoms with Crippen molar-refractivity contribution in [2.75, 3.05) is 18.6 Å². The lowest BCUT2D eigenvalue weighted by molar-refractivity contribution is 0.174. The maximum Gasteiger partial charge on any atom is 0.261 e. The van der Waals surface area contributed by atoms with E-state index in [1.807, 2.05) is 0 Å². The molecule has 4 rings (SSSR count). The summed E-state index contributed by atoms with van der Waals surface area (Å²) >= 11 is 0. The van der Waals surface area contributed by atoms with E-state index in [0.29, 0.717) is 22.6 Å². The average Bonchev–Trinajstić information content (AvgIpc) is 3.15. The predicted molar refractivity (Wildman–Crippen MR) is 102 cm³/mol. The lowest BCUT2D eigenvalue weighted by Crippen LogP contribution is -2.13. The molecule has 0 unspecified atom stereocenters. The summed E-state index contributed by atoms with van der Waals surface area (Å²) in [4.78, 5) is 0.121. The van der Waals surface area contributed by atoms with Crippen molar-refractivity contribution in [1.29, 1.82) is 0 Å². The van der Waals surface area contributed by atoms with Crippen LogP contribution in [-0.2, 0) is 10.0 Å². The zero-order valence-corrected chi connectivity index (χ0v) is 15.6. The van der Waals surface area contributed by atoms with Gasteiger partial charge in [-0.2, -0.15) is 0 Å². The monoisotopic (exact) mass is 401 g/mol. The van der Waals surface area contributed by atoms with E-state index in [9.17, 15) is 12.8 Å². The number of hydrogen-bond acceptors (Lipinski definition) is 5. The minimum absolute atomic E-state index is 0.0381. The van der Waals surface area contributed by atoms with E-state index in [2.05, 4.69) is 4.72 Å². The molecule has 0 spiro atoms. The van der Waals surface area contributed by atoms with Crippen LogP contribution in [0, 0.1) is 5.82 Å². The number of hydrogen-bond donors (Lipinski definition) is 1. The Balaban J connectivity index is 1.83. The van der Waals surface area contributed by atoms with Gasteiger partial charge >= 0.3 is 0 Å². The Bertz CT molecular complexity index is 1130. The van der Waals surface area contributed by atoms with Crippen LogP contribution >= 0.6 is 0 Å². The fourth-order valence-corrected chi connectivity index (χ4v) is 3.99. The van der Waals surface area contributed by atoms with Crippen LogP contribution < -0.4 is 18.9 Å². The van der Waals surface area contributed by atoms with Crippen LogP contribution in [0.4, 0.5) is 10.1 Å². The Morgan fingerprint density at radius 2 is 1.71 bits per heavy atom. The average molecular weight is 401 g/mol. The van der Waals surface area contributed by atoms with Crippen molar-refractivity contribution in [2.45, 2.75) is 4.90 Å². The molecular formula is C20H16FNO5S. The molecule has 8 heteroatoms. The van der Waals surface area contributed by atoms with Crippen molar-refractivity contribution in [3.8, 4) is 28.4 Å². The number of methoxy groups -OCH3 is 1. The van der Waals surface area contributed by atoms with E-state index in [-0.39, 0.29) is 23.1 Å². The molecule has 3 aromatic rings. The first-order valence-corrected chi connectivity index (χ1v) is 9.82.